The van der Waals surface area contributed by atoms with Crippen molar-refractivity contribution in [3.63, 3.8) is 0 Å². The average Bonchev–Trinajstić information content (AvgIpc) is 3.22. The number of rotatable bonds is 4. The topological polar surface area (TPSA) is 57.6 Å². The number of hydrogen-bond acceptors (Lipinski definition) is 2. The van der Waals surface area contributed by atoms with Crippen molar-refractivity contribution in [3.8, 4) is 0 Å². The summed E-state index contributed by atoms with van der Waals surface area (Å²) in [4.78, 5) is 25.8. The van der Waals surface area contributed by atoms with Crippen LogP contribution in [0, 0.1) is 29.1 Å². The zero-order valence-corrected chi connectivity index (χ0v) is 11.8. The number of carbonyl (C=O) groups excluding carboxylic acids is 1. The van der Waals surface area contributed by atoms with Gasteiger partial charge in [-0.15, -0.1) is 0 Å². The van der Waals surface area contributed by atoms with E-state index < -0.39 is 11.4 Å². The molecule has 0 aromatic carbocycles. The lowest BCUT2D eigenvalue weighted by Crippen LogP contribution is -2.41. The summed E-state index contributed by atoms with van der Waals surface area (Å²) in [5, 5.41) is 9.50. The third-order valence-corrected chi connectivity index (χ3v) is 5.53. The van der Waals surface area contributed by atoms with Crippen LogP contribution in [0.25, 0.3) is 0 Å². The normalized spacial score (nSPS) is 37.7. The van der Waals surface area contributed by atoms with Crippen molar-refractivity contribution >= 4 is 11.9 Å². The first-order chi connectivity index (χ1) is 8.95. The molecular formula is C15H23NO3. The highest BCUT2D eigenvalue weighted by atomic mass is 16.4. The van der Waals surface area contributed by atoms with E-state index in [0.717, 1.165) is 12.3 Å². The number of hydrogen-bond donors (Lipinski definition) is 1. The van der Waals surface area contributed by atoms with Gasteiger partial charge in [-0.05, 0) is 43.4 Å². The summed E-state index contributed by atoms with van der Waals surface area (Å²) >= 11 is 0. The molecule has 3 fully saturated rings. The molecule has 3 rings (SSSR count). The lowest BCUT2D eigenvalue weighted by Gasteiger charge is -2.28. The average molecular weight is 265 g/mol. The maximum atomic E-state index is 12.4. The smallest absolute Gasteiger partial charge is 0.311 e. The number of carboxylic acid groups (broad SMARTS) is 1. The third-order valence-electron chi connectivity index (χ3n) is 5.53. The number of nitrogens with zero attached hydrogens (tertiary/aromatic N) is 1. The van der Waals surface area contributed by atoms with Gasteiger partial charge in [-0.2, -0.15) is 0 Å². The minimum atomic E-state index is -0.743. The van der Waals surface area contributed by atoms with E-state index in [1.807, 2.05) is 18.7 Å². The molecule has 4 nitrogen and oxygen atoms in total. The molecule has 2 saturated carbocycles. The quantitative estimate of drug-likeness (QED) is 0.845. The molecule has 4 heteroatoms. The van der Waals surface area contributed by atoms with Crippen LogP contribution in [-0.4, -0.2) is 35.0 Å². The molecule has 1 heterocycles. The Hall–Kier alpha value is -1.06. The van der Waals surface area contributed by atoms with Crippen molar-refractivity contribution < 1.29 is 14.7 Å². The Balaban J connectivity index is 1.65. The number of aliphatic carboxylic acids is 1. The third kappa shape index (κ3) is 2.05. The molecule has 1 aliphatic heterocycles. The molecule has 0 aromatic heterocycles. The van der Waals surface area contributed by atoms with Gasteiger partial charge in [0.05, 0.1) is 5.41 Å². The number of carbonyl (C=O) groups is 2. The van der Waals surface area contributed by atoms with Crippen LogP contribution in [0.2, 0.25) is 0 Å². The summed E-state index contributed by atoms with van der Waals surface area (Å²) in [6.45, 7) is 4.93. The standard InChI is InChI=1S/C15H23NO3/c1-9(2)15(14(18)19)5-6-16(8-15)13(17)12-7-11(12)10-3-4-10/h9-12H,3-8H2,1-2H3,(H,18,19). The molecule has 3 atom stereocenters. The molecule has 1 N–H and O–H groups in total. The first kappa shape index (κ1) is 12.9. The molecular weight excluding hydrogens is 242 g/mol. The summed E-state index contributed by atoms with van der Waals surface area (Å²) in [5.41, 5.74) is -0.723. The first-order valence-electron chi connectivity index (χ1n) is 7.48. The Kier molecular flexibility index (Phi) is 2.88. The van der Waals surface area contributed by atoms with Crippen LogP contribution in [0.3, 0.4) is 0 Å². The van der Waals surface area contributed by atoms with Crippen molar-refractivity contribution in [3.05, 3.63) is 0 Å². The van der Waals surface area contributed by atoms with Gasteiger partial charge in [-0.25, -0.2) is 0 Å². The Morgan fingerprint density at radius 2 is 2.00 bits per heavy atom. The van der Waals surface area contributed by atoms with Crippen LogP contribution >= 0.6 is 0 Å². The second kappa shape index (κ2) is 4.22. The molecule has 3 aliphatic rings. The second-order valence-electron chi connectivity index (χ2n) is 6.97. The SMILES string of the molecule is CC(C)C1(C(=O)O)CCN(C(=O)C2CC2C2CC2)C1. The fraction of sp³-hybridized carbons (Fsp3) is 0.867. The lowest BCUT2D eigenvalue weighted by atomic mass is 9.76. The predicted molar refractivity (Wildman–Crippen MR) is 70.4 cm³/mol. The van der Waals surface area contributed by atoms with E-state index >= 15 is 0 Å². The van der Waals surface area contributed by atoms with Crippen molar-refractivity contribution in [2.24, 2.45) is 29.1 Å². The molecule has 0 radical (unpaired) electrons. The molecule has 2 aliphatic carbocycles. The van der Waals surface area contributed by atoms with E-state index in [2.05, 4.69) is 0 Å². The van der Waals surface area contributed by atoms with E-state index in [1.165, 1.54) is 12.8 Å². The van der Waals surface area contributed by atoms with Gasteiger partial charge in [0, 0.05) is 19.0 Å². The van der Waals surface area contributed by atoms with Crippen LogP contribution < -0.4 is 0 Å². The van der Waals surface area contributed by atoms with E-state index in [-0.39, 0.29) is 17.7 Å². The van der Waals surface area contributed by atoms with Gasteiger partial charge >= 0.3 is 5.97 Å². The second-order valence-corrected chi connectivity index (χ2v) is 6.97. The Labute approximate surface area is 114 Å². The Bertz CT molecular complexity index is 416. The van der Waals surface area contributed by atoms with E-state index in [4.69, 9.17) is 0 Å². The number of amides is 1. The fourth-order valence-electron chi connectivity index (χ4n) is 3.69. The number of carboxylic acids is 1. The van der Waals surface area contributed by atoms with Gasteiger partial charge in [-0.3, -0.25) is 9.59 Å². The van der Waals surface area contributed by atoms with Crippen LogP contribution in [0.5, 0.6) is 0 Å². The van der Waals surface area contributed by atoms with Gasteiger partial charge in [0.15, 0.2) is 0 Å². The highest BCUT2D eigenvalue weighted by Gasteiger charge is 2.55. The molecule has 0 spiro atoms. The largest absolute Gasteiger partial charge is 0.481 e. The maximum Gasteiger partial charge on any atom is 0.311 e. The summed E-state index contributed by atoms with van der Waals surface area (Å²) in [6.07, 6.45) is 4.23. The monoisotopic (exact) mass is 265 g/mol. The van der Waals surface area contributed by atoms with Crippen LogP contribution in [-0.2, 0) is 9.59 Å². The van der Waals surface area contributed by atoms with Crippen LogP contribution in [0.15, 0.2) is 0 Å². The van der Waals surface area contributed by atoms with Crippen LogP contribution in [0.4, 0.5) is 0 Å². The van der Waals surface area contributed by atoms with E-state index in [1.54, 1.807) is 0 Å². The van der Waals surface area contributed by atoms with Gasteiger partial charge < -0.3 is 10.0 Å². The highest BCUT2D eigenvalue weighted by Crippen LogP contribution is 2.55. The lowest BCUT2D eigenvalue weighted by molar-refractivity contribution is -0.151. The van der Waals surface area contributed by atoms with E-state index in [0.29, 0.717) is 25.4 Å². The van der Waals surface area contributed by atoms with Gasteiger partial charge in [0.25, 0.3) is 0 Å². The highest BCUT2D eigenvalue weighted by molar-refractivity contribution is 5.84. The summed E-state index contributed by atoms with van der Waals surface area (Å²) in [7, 11) is 0. The van der Waals surface area contributed by atoms with Gasteiger partial charge in [0.1, 0.15) is 0 Å². The molecule has 3 unspecified atom stereocenters. The maximum absolute atomic E-state index is 12.4. The molecule has 106 valence electrons. The van der Waals surface area contributed by atoms with Crippen molar-refractivity contribution in [2.75, 3.05) is 13.1 Å². The minimum absolute atomic E-state index is 0.0706. The van der Waals surface area contributed by atoms with Crippen molar-refractivity contribution in [1.29, 1.82) is 0 Å². The summed E-state index contributed by atoms with van der Waals surface area (Å²) < 4.78 is 0. The molecule has 1 saturated heterocycles. The molecule has 0 bridgehead atoms. The molecule has 19 heavy (non-hydrogen) atoms. The Morgan fingerprint density at radius 1 is 1.32 bits per heavy atom. The Morgan fingerprint density at radius 3 is 2.47 bits per heavy atom. The van der Waals surface area contributed by atoms with Crippen molar-refractivity contribution in [1.82, 2.24) is 4.90 Å². The predicted octanol–water partition coefficient (Wildman–Crippen LogP) is 1.99. The summed E-state index contributed by atoms with van der Waals surface area (Å²) in [6, 6.07) is 0. The zero-order chi connectivity index (χ0) is 13.8. The summed E-state index contributed by atoms with van der Waals surface area (Å²) in [5.74, 6) is 1.18. The fourth-order valence-corrected chi connectivity index (χ4v) is 3.69. The first-order valence-corrected chi connectivity index (χ1v) is 7.48. The van der Waals surface area contributed by atoms with Crippen molar-refractivity contribution in [2.45, 2.75) is 39.5 Å². The minimum Gasteiger partial charge on any atom is -0.481 e. The van der Waals surface area contributed by atoms with Gasteiger partial charge in [-0.1, -0.05) is 13.8 Å². The molecule has 1 amide bonds. The van der Waals surface area contributed by atoms with E-state index in [9.17, 15) is 14.7 Å². The van der Waals surface area contributed by atoms with Crippen LogP contribution in [0.1, 0.15) is 39.5 Å². The molecule has 0 aromatic rings. The number of likely N-dealkylation sites (tertiary alicyclic amines) is 1. The van der Waals surface area contributed by atoms with Gasteiger partial charge in [0.2, 0.25) is 5.91 Å². The zero-order valence-electron chi connectivity index (χ0n) is 11.8.